The van der Waals surface area contributed by atoms with Gasteiger partial charge in [-0.25, -0.2) is 0 Å². The highest BCUT2D eigenvalue weighted by Gasteiger charge is 2.25. The molecular weight excluding hydrogens is 230 g/mol. The molecule has 98 valence electrons. The van der Waals surface area contributed by atoms with Gasteiger partial charge in [-0.1, -0.05) is 0 Å². The number of hydrogen-bond acceptors (Lipinski definition) is 6. The lowest BCUT2D eigenvalue weighted by Crippen LogP contribution is -2.25. The Hall–Kier alpha value is -1.66. The number of nitro groups is 1. The molecule has 0 radical (unpaired) electrons. The maximum atomic E-state index is 11.1. The van der Waals surface area contributed by atoms with E-state index in [2.05, 4.69) is 9.47 Å². The minimum atomic E-state index is -1.10. The van der Waals surface area contributed by atoms with Crippen molar-refractivity contribution in [1.82, 2.24) is 0 Å². The summed E-state index contributed by atoms with van der Waals surface area (Å²) < 4.78 is 9.26. The molecule has 7 nitrogen and oxygen atoms in total. The summed E-state index contributed by atoms with van der Waals surface area (Å²) in [5, 5.41) is 10.7. The van der Waals surface area contributed by atoms with Gasteiger partial charge in [0.15, 0.2) is 0 Å². The average molecular weight is 247 g/mol. The van der Waals surface area contributed by atoms with Crippen molar-refractivity contribution in [2.75, 3.05) is 13.2 Å². The Bertz CT molecular complexity index is 278. The Balaban J connectivity index is 4.11. The van der Waals surface area contributed by atoms with Gasteiger partial charge >= 0.3 is 11.9 Å². The molecule has 1 unspecified atom stereocenters. The van der Waals surface area contributed by atoms with E-state index in [4.69, 9.17) is 0 Å². The van der Waals surface area contributed by atoms with Gasteiger partial charge in [0.25, 0.3) is 0 Å². The normalized spacial score (nSPS) is 11.6. The molecule has 1 atom stereocenters. The predicted octanol–water partition coefficient (Wildman–Crippen LogP) is 0.928. The van der Waals surface area contributed by atoms with Crippen molar-refractivity contribution in [3.05, 3.63) is 10.1 Å². The molecule has 0 aromatic carbocycles. The Morgan fingerprint density at radius 2 is 1.71 bits per heavy atom. The zero-order chi connectivity index (χ0) is 13.3. The van der Waals surface area contributed by atoms with Crippen molar-refractivity contribution < 1.29 is 24.0 Å². The third-order valence-electron chi connectivity index (χ3n) is 1.99. The van der Waals surface area contributed by atoms with Crippen molar-refractivity contribution in [3.63, 3.8) is 0 Å². The molecule has 0 saturated heterocycles. The summed E-state index contributed by atoms with van der Waals surface area (Å²) in [7, 11) is 0. The number of carbonyl (C=O) groups excluding carboxylic acids is 2. The van der Waals surface area contributed by atoms with E-state index in [0.717, 1.165) is 0 Å². The van der Waals surface area contributed by atoms with Crippen LogP contribution in [0.25, 0.3) is 0 Å². The van der Waals surface area contributed by atoms with Gasteiger partial charge in [-0.05, 0) is 13.8 Å². The van der Waals surface area contributed by atoms with Crippen LogP contribution in [-0.4, -0.2) is 36.1 Å². The highest BCUT2D eigenvalue weighted by atomic mass is 16.6. The van der Waals surface area contributed by atoms with Gasteiger partial charge in [0.2, 0.25) is 6.04 Å². The SMILES string of the molecule is CCOC(=O)CCC(CC(=O)OCC)[N+](=O)[O-]. The van der Waals surface area contributed by atoms with Crippen molar-refractivity contribution in [2.45, 2.75) is 39.2 Å². The van der Waals surface area contributed by atoms with Gasteiger partial charge in [0, 0.05) is 11.3 Å². The van der Waals surface area contributed by atoms with Gasteiger partial charge in [0.05, 0.1) is 19.6 Å². The fraction of sp³-hybridized carbons (Fsp3) is 0.800. The van der Waals surface area contributed by atoms with Crippen LogP contribution in [0.2, 0.25) is 0 Å². The maximum Gasteiger partial charge on any atom is 0.312 e. The summed E-state index contributed by atoms with van der Waals surface area (Å²) in [5.41, 5.74) is 0. The molecule has 0 spiro atoms. The Kier molecular flexibility index (Phi) is 7.66. The van der Waals surface area contributed by atoms with Gasteiger partial charge in [0.1, 0.15) is 6.42 Å². The summed E-state index contributed by atoms with van der Waals surface area (Å²) in [6.45, 7) is 3.69. The van der Waals surface area contributed by atoms with Crippen molar-refractivity contribution >= 4 is 11.9 Å². The van der Waals surface area contributed by atoms with Crippen molar-refractivity contribution in [3.8, 4) is 0 Å². The molecule has 0 heterocycles. The minimum Gasteiger partial charge on any atom is -0.466 e. The van der Waals surface area contributed by atoms with Gasteiger partial charge < -0.3 is 9.47 Å². The van der Waals surface area contributed by atoms with Gasteiger partial charge in [-0.15, -0.1) is 0 Å². The van der Waals surface area contributed by atoms with Crippen molar-refractivity contribution in [1.29, 1.82) is 0 Å². The van der Waals surface area contributed by atoms with Gasteiger partial charge in [-0.3, -0.25) is 19.7 Å². The summed E-state index contributed by atoms with van der Waals surface area (Å²) in [4.78, 5) is 32.2. The van der Waals surface area contributed by atoms with E-state index < -0.39 is 22.9 Å². The zero-order valence-corrected chi connectivity index (χ0v) is 10.0. The van der Waals surface area contributed by atoms with Crippen molar-refractivity contribution in [2.24, 2.45) is 0 Å². The van der Waals surface area contributed by atoms with E-state index in [1.807, 2.05) is 0 Å². The molecule has 0 fully saturated rings. The van der Waals surface area contributed by atoms with E-state index >= 15 is 0 Å². The third kappa shape index (κ3) is 7.26. The standard InChI is InChI=1S/C10H17NO6/c1-3-16-9(12)6-5-8(11(14)15)7-10(13)17-4-2/h8H,3-7H2,1-2H3. The molecule has 0 bridgehead atoms. The topological polar surface area (TPSA) is 95.7 Å². The fourth-order valence-electron chi connectivity index (χ4n) is 1.21. The van der Waals surface area contributed by atoms with Crippen LogP contribution >= 0.6 is 0 Å². The average Bonchev–Trinajstić information content (AvgIpc) is 2.24. The molecule has 0 aliphatic heterocycles. The molecule has 0 aliphatic carbocycles. The van der Waals surface area contributed by atoms with Crippen LogP contribution in [0.4, 0.5) is 0 Å². The van der Waals surface area contributed by atoms with E-state index in [9.17, 15) is 19.7 Å². The summed E-state index contributed by atoms with van der Waals surface area (Å²) in [5.74, 6) is -1.12. The fourth-order valence-corrected chi connectivity index (χ4v) is 1.21. The smallest absolute Gasteiger partial charge is 0.312 e. The quantitative estimate of drug-likeness (QED) is 0.359. The van der Waals surface area contributed by atoms with Gasteiger partial charge in [-0.2, -0.15) is 0 Å². The molecular formula is C10H17NO6. The highest BCUT2D eigenvalue weighted by Crippen LogP contribution is 2.08. The second-order valence-corrected chi connectivity index (χ2v) is 3.29. The summed E-state index contributed by atoms with van der Waals surface area (Å²) >= 11 is 0. The zero-order valence-electron chi connectivity index (χ0n) is 10.0. The number of carbonyl (C=O) groups is 2. The van der Waals surface area contributed by atoms with E-state index in [1.165, 1.54) is 0 Å². The maximum absolute atomic E-state index is 11.1. The Morgan fingerprint density at radius 1 is 1.18 bits per heavy atom. The largest absolute Gasteiger partial charge is 0.466 e. The predicted molar refractivity (Wildman–Crippen MR) is 57.9 cm³/mol. The van der Waals surface area contributed by atoms with Crippen LogP contribution in [0, 0.1) is 10.1 Å². The lowest BCUT2D eigenvalue weighted by Gasteiger charge is -2.08. The molecule has 0 aromatic rings. The second kappa shape index (κ2) is 8.49. The van der Waals surface area contributed by atoms with Crippen LogP contribution in [-0.2, 0) is 19.1 Å². The van der Waals surface area contributed by atoms with Crippen LogP contribution in [0.5, 0.6) is 0 Å². The van der Waals surface area contributed by atoms with E-state index in [1.54, 1.807) is 13.8 Å². The molecule has 0 aromatic heterocycles. The lowest BCUT2D eigenvalue weighted by atomic mass is 10.1. The monoisotopic (exact) mass is 247 g/mol. The Morgan fingerprint density at radius 3 is 2.18 bits per heavy atom. The summed E-state index contributed by atoms with van der Waals surface area (Å²) in [6, 6.07) is -1.10. The lowest BCUT2D eigenvalue weighted by molar-refractivity contribution is -0.522. The number of nitrogens with zero attached hydrogens (tertiary/aromatic N) is 1. The highest BCUT2D eigenvalue weighted by molar-refractivity contribution is 5.71. The minimum absolute atomic E-state index is 0.0232. The molecule has 0 rings (SSSR count). The molecule has 17 heavy (non-hydrogen) atoms. The first-order valence-electron chi connectivity index (χ1n) is 5.46. The first-order valence-corrected chi connectivity index (χ1v) is 5.46. The molecule has 7 heteroatoms. The third-order valence-corrected chi connectivity index (χ3v) is 1.99. The Labute approximate surface area is 99.2 Å². The molecule has 0 amide bonds. The molecule has 0 aliphatic rings. The molecule has 0 saturated carbocycles. The number of esters is 2. The van der Waals surface area contributed by atoms with Crippen LogP contribution < -0.4 is 0 Å². The van der Waals surface area contributed by atoms with Crippen LogP contribution in [0.1, 0.15) is 33.1 Å². The first-order chi connectivity index (χ1) is 8.01. The van der Waals surface area contributed by atoms with E-state index in [0.29, 0.717) is 0 Å². The second-order valence-electron chi connectivity index (χ2n) is 3.29. The first kappa shape index (κ1) is 15.3. The summed E-state index contributed by atoms with van der Waals surface area (Å²) in [6.07, 6.45) is -0.413. The van der Waals surface area contributed by atoms with E-state index in [-0.39, 0.29) is 32.5 Å². The number of ether oxygens (including phenoxy) is 2. The molecule has 0 N–H and O–H groups in total. The van der Waals surface area contributed by atoms with Crippen LogP contribution in [0.3, 0.4) is 0 Å². The number of hydrogen-bond donors (Lipinski definition) is 0. The number of rotatable bonds is 8. The van der Waals surface area contributed by atoms with Crippen LogP contribution in [0.15, 0.2) is 0 Å².